The zero-order valence-corrected chi connectivity index (χ0v) is 13.5. The average Bonchev–Trinajstić information content (AvgIpc) is 3.01. The molecule has 3 rings (SSSR count). The Bertz CT molecular complexity index is 931. The second kappa shape index (κ2) is 7.11. The van der Waals surface area contributed by atoms with Crippen LogP contribution in [-0.2, 0) is 19.1 Å². The van der Waals surface area contributed by atoms with Crippen molar-refractivity contribution >= 4 is 5.78 Å². The van der Waals surface area contributed by atoms with E-state index in [2.05, 4.69) is 5.10 Å². The summed E-state index contributed by atoms with van der Waals surface area (Å²) in [7, 11) is 0. The summed E-state index contributed by atoms with van der Waals surface area (Å²) >= 11 is 0. The Morgan fingerprint density at radius 1 is 1.00 bits per heavy atom. The van der Waals surface area contributed by atoms with Gasteiger partial charge in [-0.15, -0.1) is 0 Å². The molecule has 26 heavy (non-hydrogen) atoms. The van der Waals surface area contributed by atoms with E-state index in [1.165, 1.54) is 53.3 Å². The molecular weight excluding hydrogens is 348 g/mol. The van der Waals surface area contributed by atoms with Crippen molar-refractivity contribution in [2.75, 3.05) is 0 Å². The molecule has 3 nitrogen and oxygen atoms in total. The molecule has 0 radical (unpaired) electrons. The van der Waals surface area contributed by atoms with E-state index in [0.29, 0.717) is 5.69 Å². The second-order valence-corrected chi connectivity index (χ2v) is 5.74. The predicted molar refractivity (Wildman–Crippen MR) is 87.2 cm³/mol. The molecule has 7 heteroatoms. The van der Waals surface area contributed by atoms with Gasteiger partial charge in [-0.25, -0.2) is 4.39 Å². The Morgan fingerprint density at radius 3 is 2.42 bits per heavy atom. The molecule has 1 aromatic heterocycles. The van der Waals surface area contributed by atoms with Crippen LogP contribution in [0.1, 0.15) is 27.2 Å². The fourth-order valence-corrected chi connectivity index (χ4v) is 2.64. The maximum Gasteiger partial charge on any atom is 0.416 e. The first-order chi connectivity index (χ1) is 12.3. The molecule has 0 aliphatic carbocycles. The number of carbonyl (C=O) groups excluding carboxylic acids is 1. The van der Waals surface area contributed by atoms with E-state index in [9.17, 15) is 22.4 Å². The van der Waals surface area contributed by atoms with Crippen molar-refractivity contribution < 1.29 is 22.4 Å². The van der Waals surface area contributed by atoms with E-state index in [4.69, 9.17) is 0 Å². The number of hydrogen-bond acceptors (Lipinski definition) is 2. The van der Waals surface area contributed by atoms with Gasteiger partial charge < -0.3 is 0 Å². The maximum absolute atomic E-state index is 13.6. The number of aromatic nitrogens is 2. The monoisotopic (exact) mass is 362 g/mol. The summed E-state index contributed by atoms with van der Waals surface area (Å²) in [5.41, 5.74) is -0.318. The summed E-state index contributed by atoms with van der Waals surface area (Å²) in [6.45, 7) is -0.0798. The highest BCUT2D eigenvalue weighted by atomic mass is 19.4. The lowest BCUT2D eigenvalue weighted by Crippen LogP contribution is -2.12. The minimum absolute atomic E-state index is 0.0375. The molecule has 0 unspecified atom stereocenters. The van der Waals surface area contributed by atoms with Gasteiger partial charge in [0.1, 0.15) is 5.82 Å². The molecule has 0 amide bonds. The van der Waals surface area contributed by atoms with Crippen molar-refractivity contribution in [1.29, 1.82) is 0 Å². The summed E-state index contributed by atoms with van der Waals surface area (Å²) in [5, 5.41) is 4.13. The van der Waals surface area contributed by atoms with E-state index in [0.717, 1.165) is 6.07 Å². The Morgan fingerprint density at radius 2 is 1.69 bits per heavy atom. The normalized spacial score (nSPS) is 11.5. The van der Waals surface area contributed by atoms with Gasteiger partial charge in [0.15, 0.2) is 5.78 Å². The summed E-state index contributed by atoms with van der Waals surface area (Å²) in [5.74, 6) is -1.06. The third-order valence-corrected chi connectivity index (χ3v) is 3.87. The van der Waals surface area contributed by atoms with E-state index in [-0.39, 0.29) is 24.1 Å². The Hall–Kier alpha value is -2.96. The molecule has 0 N–H and O–H groups in total. The number of carbonyl (C=O) groups is 1. The number of hydrogen-bond donors (Lipinski definition) is 0. The number of alkyl halides is 3. The minimum atomic E-state index is -4.45. The number of halogens is 4. The van der Waals surface area contributed by atoms with Crippen molar-refractivity contribution in [3.05, 3.63) is 89.0 Å². The molecule has 2 aromatic carbocycles. The first kappa shape index (κ1) is 17.8. The quantitative estimate of drug-likeness (QED) is 0.494. The molecule has 0 bridgehead atoms. The topological polar surface area (TPSA) is 34.9 Å². The van der Waals surface area contributed by atoms with Gasteiger partial charge in [-0.1, -0.05) is 30.3 Å². The van der Waals surface area contributed by atoms with Crippen LogP contribution in [0.3, 0.4) is 0 Å². The fourth-order valence-electron chi connectivity index (χ4n) is 2.64. The molecule has 1 heterocycles. The van der Waals surface area contributed by atoms with E-state index < -0.39 is 23.3 Å². The average molecular weight is 362 g/mol. The van der Waals surface area contributed by atoms with Gasteiger partial charge in [0, 0.05) is 6.20 Å². The van der Waals surface area contributed by atoms with Crippen LogP contribution in [0.2, 0.25) is 0 Å². The van der Waals surface area contributed by atoms with Crippen LogP contribution in [0.5, 0.6) is 0 Å². The Labute approximate surface area is 146 Å². The zero-order chi connectivity index (χ0) is 18.7. The number of ketones is 1. The number of nitrogens with zero attached hydrogens (tertiary/aromatic N) is 2. The third-order valence-electron chi connectivity index (χ3n) is 3.87. The lowest BCUT2D eigenvalue weighted by Gasteiger charge is -2.12. The third kappa shape index (κ3) is 3.99. The molecule has 0 saturated heterocycles. The van der Waals surface area contributed by atoms with Crippen LogP contribution in [0.15, 0.2) is 60.8 Å². The van der Waals surface area contributed by atoms with Gasteiger partial charge >= 0.3 is 6.18 Å². The van der Waals surface area contributed by atoms with Gasteiger partial charge in [0.05, 0.1) is 29.8 Å². The molecule has 0 fully saturated rings. The van der Waals surface area contributed by atoms with Crippen LogP contribution >= 0.6 is 0 Å². The molecule has 0 saturated carbocycles. The predicted octanol–water partition coefficient (Wildman–Crippen LogP) is 4.51. The zero-order valence-electron chi connectivity index (χ0n) is 13.5. The number of benzene rings is 2. The summed E-state index contributed by atoms with van der Waals surface area (Å²) in [4.78, 5) is 12.2. The Balaban J connectivity index is 1.75. The highest BCUT2D eigenvalue weighted by Crippen LogP contribution is 2.32. The van der Waals surface area contributed by atoms with E-state index >= 15 is 0 Å². The maximum atomic E-state index is 13.6. The SMILES string of the molecule is O=C(Cc1ccn(Cc2ccccc2C(F)(F)F)n1)c1ccccc1F. The minimum Gasteiger partial charge on any atom is -0.294 e. The highest BCUT2D eigenvalue weighted by molar-refractivity contribution is 5.97. The molecule has 0 aliphatic rings. The standard InChI is InChI=1S/C19H14F4N2O/c20-17-8-4-2-6-15(17)18(26)11-14-9-10-25(24-14)12-13-5-1-3-7-16(13)19(21,22)23/h1-10H,11-12H2. The van der Waals surface area contributed by atoms with Crippen molar-refractivity contribution in [2.24, 2.45) is 0 Å². The lowest BCUT2D eigenvalue weighted by molar-refractivity contribution is -0.138. The lowest BCUT2D eigenvalue weighted by atomic mass is 10.1. The summed E-state index contributed by atoms with van der Waals surface area (Å²) in [6.07, 6.45) is -3.08. The molecule has 0 atom stereocenters. The molecule has 0 aliphatic heterocycles. The summed E-state index contributed by atoms with van der Waals surface area (Å²) < 4.78 is 54.1. The van der Waals surface area contributed by atoms with Crippen molar-refractivity contribution in [3.63, 3.8) is 0 Å². The van der Waals surface area contributed by atoms with Crippen LogP contribution in [-0.4, -0.2) is 15.6 Å². The number of Topliss-reactive ketones (excluding diaryl/α,β-unsaturated/α-hetero) is 1. The smallest absolute Gasteiger partial charge is 0.294 e. The number of rotatable bonds is 5. The molecule has 0 spiro atoms. The van der Waals surface area contributed by atoms with Crippen LogP contribution in [0.4, 0.5) is 17.6 Å². The van der Waals surface area contributed by atoms with Crippen LogP contribution in [0.25, 0.3) is 0 Å². The second-order valence-electron chi connectivity index (χ2n) is 5.74. The molecular formula is C19H14F4N2O. The van der Waals surface area contributed by atoms with E-state index in [1.807, 2.05) is 0 Å². The van der Waals surface area contributed by atoms with Crippen molar-refractivity contribution in [2.45, 2.75) is 19.1 Å². The Kier molecular flexibility index (Phi) is 4.88. The van der Waals surface area contributed by atoms with Gasteiger partial charge in [-0.05, 0) is 29.8 Å². The largest absolute Gasteiger partial charge is 0.416 e. The van der Waals surface area contributed by atoms with E-state index in [1.54, 1.807) is 6.07 Å². The van der Waals surface area contributed by atoms with Crippen LogP contribution in [0, 0.1) is 5.82 Å². The van der Waals surface area contributed by atoms with Crippen molar-refractivity contribution in [1.82, 2.24) is 9.78 Å². The van der Waals surface area contributed by atoms with Gasteiger partial charge in [0.2, 0.25) is 0 Å². The van der Waals surface area contributed by atoms with Gasteiger partial charge in [0.25, 0.3) is 0 Å². The van der Waals surface area contributed by atoms with Crippen LogP contribution < -0.4 is 0 Å². The summed E-state index contributed by atoms with van der Waals surface area (Å²) in [6, 6.07) is 12.4. The van der Waals surface area contributed by atoms with Crippen molar-refractivity contribution in [3.8, 4) is 0 Å². The van der Waals surface area contributed by atoms with Gasteiger partial charge in [-0.3, -0.25) is 9.48 Å². The first-order valence-electron chi connectivity index (χ1n) is 7.80. The molecule has 134 valence electrons. The first-order valence-corrected chi connectivity index (χ1v) is 7.80. The highest BCUT2D eigenvalue weighted by Gasteiger charge is 2.32. The van der Waals surface area contributed by atoms with Gasteiger partial charge in [-0.2, -0.15) is 18.3 Å². The molecule has 3 aromatic rings. The fraction of sp³-hybridized carbons (Fsp3) is 0.158.